The predicted octanol–water partition coefficient (Wildman–Crippen LogP) is 5.43. The Morgan fingerprint density at radius 3 is 2.57 bits per heavy atom. The summed E-state index contributed by atoms with van der Waals surface area (Å²) in [5.41, 5.74) is 1.44. The van der Waals surface area contributed by atoms with Crippen molar-refractivity contribution < 1.29 is 14.0 Å². The standard InChI is InChI=1S/C22H20N2O3S/c23-13-15-6-8-17(9-7-15)19-11-10-18(27-19)12-20-21(25)24(22(26)28-20)14-16-4-2-1-3-5-16/h6-12,16H,1-5,14H2. The average Bonchev–Trinajstić information content (AvgIpc) is 3.29. The molecule has 1 saturated heterocycles. The molecule has 4 rings (SSSR count). The van der Waals surface area contributed by atoms with Crippen molar-refractivity contribution in [2.45, 2.75) is 32.1 Å². The Bertz CT molecular complexity index is 962. The van der Waals surface area contributed by atoms with Crippen molar-refractivity contribution in [3.05, 3.63) is 52.6 Å². The van der Waals surface area contributed by atoms with Gasteiger partial charge in [0, 0.05) is 18.2 Å². The third kappa shape index (κ3) is 3.90. The Morgan fingerprint density at radius 2 is 1.86 bits per heavy atom. The Balaban J connectivity index is 1.48. The van der Waals surface area contributed by atoms with E-state index in [1.165, 1.54) is 24.2 Å². The fourth-order valence-corrected chi connectivity index (χ4v) is 4.54. The summed E-state index contributed by atoms with van der Waals surface area (Å²) in [6.45, 7) is 0.524. The molecule has 2 amide bonds. The first-order chi connectivity index (χ1) is 13.6. The number of carbonyl (C=O) groups excluding carboxylic acids is 2. The second kappa shape index (κ2) is 8.07. The molecule has 2 aliphatic rings. The third-order valence-corrected chi connectivity index (χ3v) is 6.15. The van der Waals surface area contributed by atoms with Crippen LogP contribution in [0.1, 0.15) is 43.4 Å². The molecule has 0 atom stereocenters. The van der Waals surface area contributed by atoms with Gasteiger partial charge in [0.25, 0.3) is 11.1 Å². The van der Waals surface area contributed by atoms with Crippen LogP contribution < -0.4 is 0 Å². The highest BCUT2D eigenvalue weighted by Gasteiger charge is 2.36. The summed E-state index contributed by atoms with van der Waals surface area (Å²) >= 11 is 0.978. The summed E-state index contributed by atoms with van der Waals surface area (Å²) in [5, 5.41) is 8.69. The molecule has 28 heavy (non-hydrogen) atoms. The number of thioether (sulfide) groups is 1. The lowest BCUT2D eigenvalue weighted by Gasteiger charge is -2.25. The van der Waals surface area contributed by atoms with E-state index in [4.69, 9.17) is 9.68 Å². The number of hydrogen-bond acceptors (Lipinski definition) is 5. The molecule has 0 spiro atoms. The largest absolute Gasteiger partial charge is 0.457 e. The second-order valence-corrected chi connectivity index (χ2v) is 8.18. The van der Waals surface area contributed by atoms with Gasteiger partial charge in [0.15, 0.2) is 0 Å². The highest BCUT2D eigenvalue weighted by molar-refractivity contribution is 8.18. The molecular formula is C22H20N2O3S. The molecule has 2 fully saturated rings. The summed E-state index contributed by atoms with van der Waals surface area (Å²) < 4.78 is 5.82. The Kier molecular flexibility index (Phi) is 5.36. The van der Waals surface area contributed by atoms with Gasteiger partial charge >= 0.3 is 0 Å². The van der Waals surface area contributed by atoms with E-state index in [1.807, 2.05) is 18.2 Å². The molecule has 1 saturated carbocycles. The molecule has 1 aliphatic carbocycles. The molecule has 142 valence electrons. The number of nitriles is 1. The third-order valence-electron chi connectivity index (χ3n) is 5.24. The number of amides is 2. The molecular weight excluding hydrogens is 372 g/mol. The van der Waals surface area contributed by atoms with E-state index in [9.17, 15) is 9.59 Å². The van der Waals surface area contributed by atoms with Gasteiger partial charge < -0.3 is 4.42 Å². The summed E-state index contributed by atoms with van der Waals surface area (Å²) in [6.07, 6.45) is 7.43. The second-order valence-electron chi connectivity index (χ2n) is 7.19. The van der Waals surface area contributed by atoms with E-state index in [0.29, 0.717) is 34.5 Å². The van der Waals surface area contributed by atoms with Gasteiger partial charge in [-0.15, -0.1) is 0 Å². The van der Waals surface area contributed by atoms with Crippen LogP contribution in [0, 0.1) is 17.2 Å². The van der Waals surface area contributed by atoms with Crippen LogP contribution in [0.5, 0.6) is 0 Å². The maximum absolute atomic E-state index is 12.7. The smallest absolute Gasteiger partial charge is 0.293 e. The molecule has 0 N–H and O–H groups in total. The maximum atomic E-state index is 12.7. The molecule has 0 radical (unpaired) electrons. The fourth-order valence-electron chi connectivity index (χ4n) is 3.71. The monoisotopic (exact) mass is 392 g/mol. The van der Waals surface area contributed by atoms with Crippen LogP contribution in [0.4, 0.5) is 4.79 Å². The summed E-state index contributed by atoms with van der Waals surface area (Å²) in [4.78, 5) is 26.8. The highest BCUT2D eigenvalue weighted by Crippen LogP contribution is 2.35. The molecule has 0 bridgehead atoms. The van der Waals surface area contributed by atoms with Crippen molar-refractivity contribution in [3.8, 4) is 17.4 Å². The number of carbonyl (C=O) groups is 2. The normalized spacial score (nSPS) is 19.4. The molecule has 1 aliphatic heterocycles. The van der Waals surface area contributed by atoms with Gasteiger partial charge in [-0.05, 0) is 66.9 Å². The SMILES string of the molecule is N#Cc1ccc(-c2ccc(C=C3SC(=O)N(CC4CCCCC4)C3=O)o2)cc1. The molecule has 6 heteroatoms. The lowest BCUT2D eigenvalue weighted by Crippen LogP contribution is -2.34. The van der Waals surface area contributed by atoms with E-state index in [1.54, 1.807) is 24.3 Å². The first-order valence-corrected chi connectivity index (χ1v) is 10.3. The minimum atomic E-state index is -0.225. The van der Waals surface area contributed by atoms with Gasteiger partial charge in [-0.1, -0.05) is 19.3 Å². The Morgan fingerprint density at radius 1 is 1.11 bits per heavy atom. The van der Waals surface area contributed by atoms with Crippen molar-refractivity contribution in [1.82, 2.24) is 4.90 Å². The molecule has 5 nitrogen and oxygen atoms in total. The molecule has 2 aromatic rings. The van der Waals surface area contributed by atoms with Crippen LogP contribution in [0.2, 0.25) is 0 Å². The van der Waals surface area contributed by atoms with Crippen LogP contribution in [-0.2, 0) is 4.79 Å². The highest BCUT2D eigenvalue weighted by atomic mass is 32.2. The van der Waals surface area contributed by atoms with E-state index in [-0.39, 0.29) is 11.1 Å². The first kappa shape index (κ1) is 18.6. The van der Waals surface area contributed by atoms with Crippen LogP contribution in [-0.4, -0.2) is 22.6 Å². The van der Waals surface area contributed by atoms with Crippen LogP contribution in [0.15, 0.2) is 45.7 Å². The molecule has 1 aromatic heterocycles. The van der Waals surface area contributed by atoms with E-state index in [2.05, 4.69) is 6.07 Å². The van der Waals surface area contributed by atoms with Crippen LogP contribution >= 0.6 is 11.8 Å². The van der Waals surface area contributed by atoms with E-state index >= 15 is 0 Å². The zero-order chi connectivity index (χ0) is 19.5. The number of hydrogen-bond donors (Lipinski definition) is 0. The van der Waals surface area contributed by atoms with Gasteiger partial charge in [0.1, 0.15) is 11.5 Å². The Labute approximate surface area is 168 Å². The minimum Gasteiger partial charge on any atom is -0.457 e. The van der Waals surface area contributed by atoms with E-state index < -0.39 is 0 Å². The van der Waals surface area contributed by atoms with Crippen molar-refractivity contribution in [2.75, 3.05) is 6.54 Å². The van der Waals surface area contributed by atoms with Gasteiger partial charge in [0.2, 0.25) is 0 Å². The first-order valence-electron chi connectivity index (χ1n) is 9.50. The number of nitrogens with zero attached hydrogens (tertiary/aromatic N) is 2. The Hall–Kier alpha value is -2.78. The maximum Gasteiger partial charge on any atom is 0.293 e. The van der Waals surface area contributed by atoms with Crippen LogP contribution in [0.25, 0.3) is 17.4 Å². The van der Waals surface area contributed by atoms with Crippen molar-refractivity contribution in [3.63, 3.8) is 0 Å². The quantitative estimate of drug-likeness (QED) is 0.648. The van der Waals surface area contributed by atoms with Gasteiger partial charge in [-0.3, -0.25) is 14.5 Å². The average molecular weight is 392 g/mol. The number of rotatable bonds is 4. The van der Waals surface area contributed by atoms with Crippen molar-refractivity contribution in [2.24, 2.45) is 5.92 Å². The van der Waals surface area contributed by atoms with Crippen molar-refractivity contribution in [1.29, 1.82) is 5.26 Å². The van der Waals surface area contributed by atoms with Crippen molar-refractivity contribution >= 4 is 29.0 Å². The summed E-state index contributed by atoms with van der Waals surface area (Å²) in [5.74, 6) is 1.38. The van der Waals surface area contributed by atoms with Gasteiger partial charge in [0.05, 0.1) is 16.5 Å². The van der Waals surface area contributed by atoms with Gasteiger partial charge in [-0.25, -0.2) is 0 Å². The molecule has 0 unspecified atom stereocenters. The predicted molar refractivity (Wildman–Crippen MR) is 108 cm³/mol. The lowest BCUT2D eigenvalue weighted by molar-refractivity contribution is -0.123. The van der Waals surface area contributed by atoms with E-state index in [0.717, 1.165) is 30.2 Å². The minimum absolute atomic E-state index is 0.194. The summed E-state index contributed by atoms with van der Waals surface area (Å²) in [6, 6.07) is 12.8. The fraction of sp³-hybridized carbons (Fsp3) is 0.318. The lowest BCUT2D eigenvalue weighted by atomic mass is 9.89. The summed E-state index contributed by atoms with van der Waals surface area (Å²) in [7, 11) is 0. The number of imide groups is 1. The topological polar surface area (TPSA) is 74.3 Å². The number of benzene rings is 1. The zero-order valence-electron chi connectivity index (χ0n) is 15.4. The number of furan rings is 1. The van der Waals surface area contributed by atoms with Crippen LogP contribution in [0.3, 0.4) is 0 Å². The molecule has 1 aromatic carbocycles. The van der Waals surface area contributed by atoms with Gasteiger partial charge in [-0.2, -0.15) is 5.26 Å². The zero-order valence-corrected chi connectivity index (χ0v) is 16.2. The molecule has 2 heterocycles.